The van der Waals surface area contributed by atoms with E-state index in [4.69, 9.17) is 0 Å². The van der Waals surface area contributed by atoms with Crippen molar-refractivity contribution in [3.8, 4) is 0 Å². The Hall–Kier alpha value is -0.120. The first-order chi connectivity index (χ1) is 8.38. The molecular formula is C14H29N3. The highest BCUT2D eigenvalue weighted by Crippen LogP contribution is 2.11. The quantitative estimate of drug-likeness (QED) is 0.803. The fraction of sp³-hybridized carbons (Fsp3) is 1.00. The summed E-state index contributed by atoms with van der Waals surface area (Å²) in [7, 11) is 0. The van der Waals surface area contributed by atoms with E-state index in [1.165, 1.54) is 77.9 Å². The molecule has 2 heterocycles. The van der Waals surface area contributed by atoms with Gasteiger partial charge in [0.1, 0.15) is 0 Å². The van der Waals surface area contributed by atoms with Gasteiger partial charge in [-0.2, -0.15) is 0 Å². The van der Waals surface area contributed by atoms with Crippen LogP contribution < -0.4 is 5.32 Å². The standard InChI is InChI=1S/C14H29N3/c1-2-8-16-9-11-17(12-10-16)13-14-6-4-3-5-7-15-14/h14-15H,2-13H2,1H3. The average molecular weight is 239 g/mol. The second-order valence-corrected chi connectivity index (χ2v) is 5.64. The largest absolute Gasteiger partial charge is 0.313 e. The van der Waals surface area contributed by atoms with E-state index in [0.29, 0.717) is 0 Å². The van der Waals surface area contributed by atoms with E-state index >= 15 is 0 Å². The van der Waals surface area contributed by atoms with E-state index in [2.05, 4.69) is 22.0 Å². The monoisotopic (exact) mass is 239 g/mol. The fourth-order valence-electron chi connectivity index (χ4n) is 3.08. The maximum Gasteiger partial charge on any atom is 0.0195 e. The van der Waals surface area contributed by atoms with Crippen LogP contribution >= 0.6 is 0 Å². The van der Waals surface area contributed by atoms with Crippen LogP contribution in [0.25, 0.3) is 0 Å². The molecule has 2 aliphatic rings. The van der Waals surface area contributed by atoms with Crippen molar-refractivity contribution in [1.82, 2.24) is 15.1 Å². The molecule has 1 atom stereocenters. The first-order valence-corrected chi connectivity index (χ1v) is 7.56. The van der Waals surface area contributed by atoms with Crippen LogP contribution in [0.15, 0.2) is 0 Å². The van der Waals surface area contributed by atoms with Gasteiger partial charge in [0.2, 0.25) is 0 Å². The van der Waals surface area contributed by atoms with Crippen molar-refractivity contribution in [3.63, 3.8) is 0 Å². The number of nitrogens with zero attached hydrogens (tertiary/aromatic N) is 2. The van der Waals surface area contributed by atoms with E-state index < -0.39 is 0 Å². The number of hydrogen-bond donors (Lipinski definition) is 1. The SMILES string of the molecule is CCCN1CCN(CC2CCCCCN2)CC1. The van der Waals surface area contributed by atoms with Crippen LogP contribution in [-0.2, 0) is 0 Å². The number of piperazine rings is 1. The molecule has 1 N–H and O–H groups in total. The van der Waals surface area contributed by atoms with Gasteiger partial charge in [0.15, 0.2) is 0 Å². The van der Waals surface area contributed by atoms with Crippen molar-refractivity contribution in [1.29, 1.82) is 0 Å². The van der Waals surface area contributed by atoms with Crippen LogP contribution in [0.4, 0.5) is 0 Å². The minimum Gasteiger partial charge on any atom is -0.313 e. The predicted octanol–water partition coefficient (Wildman–Crippen LogP) is 1.55. The third-order valence-electron chi connectivity index (χ3n) is 4.15. The second-order valence-electron chi connectivity index (χ2n) is 5.64. The molecule has 3 heteroatoms. The average Bonchev–Trinajstić information content (AvgIpc) is 2.61. The van der Waals surface area contributed by atoms with Crippen LogP contribution in [0, 0.1) is 0 Å². The highest BCUT2D eigenvalue weighted by molar-refractivity contribution is 4.78. The lowest BCUT2D eigenvalue weighted by Crippen LogP contribution is -2.50. The molecule has 0 saturated carbocycles. The summed E-state index contributed by atoms with van der Waals surface area (Å²) in [5, 5.41) is 3.71. The Bertz CT molecular complexity index is 192. The zero-order chi connectivity index (χ0) is 11.9. The third-order valence-corrected chi connectivity index (χ3v) is 4.15. The van der Waals surface area contributed by atoms with E-state index in [0.717, 1.165) is 6.04 Å². The highest BCUT2D eigenvalue weighted by atomic mass is 15.3. The molecule has 0 spiro atoms. The van der Waals surface area contributed by atoms with Crippen molar-refractivity contribution in [2.24, 2.45) is 0 Å². The fourth-order valence-corrected chi connectivity index (χ4v) is 3.08. The Balaban J connectivity index is 1.66. The van der Waals surface area contributed by atoms with E-state index in [1.54, 1.807) is 0 Å². The lowest BCUT2D eigenvalue weighted by Gasteiger charge is -2.36. The van der Waals surface area contributed by atoms with Gasteiger partial charge in [-0.05, 0) is 32.4 Å². The minimum absolute atomic E-state index is 0.759. The Morgan fingerprint density at radius 3 is 2.53 bits per heavy atom. The molecule has 3 nitrogen and oxygen atoms in total. The van der Waals surface area contributed by atoms with Gasteiger partial charge in [0, 0.05) is 38.8 Å². The molecule has 0 radical (unpaired) electrons. The maximum atomic E-state index is 3.71. The van der Waals surface area contributed by atoms with Gasteiger partial charge < -0.3 is 10.2 Å². The molecule has 0 aromatic carbocycles. The Labute approximate surface area is 107 Å². The van der Waals surface area contributed by atoms with Gasteiger partial charge in [-0.15, -0.1) is 0 Å². The molecule has 2 fully saturated rings. The third kappa shape index (κ3) is 4.57. The summed E-state index contributed by atoms with van der Waals surface area (Å²) in [5.74, 6) is 0. The summed E-state index contributed by atoms with van der Waals surface area (Å²) in [5.41, 5.74) is 0. The van der Waals surface area contributed by atoms with Crippen molar-refractivity contribution >= 4 is 0 Å². The summed E-state index contributed by atoms with van der Waals surface area (Å²) in [6.07, 6.45) is 6.90. The van der Waals surface area contributed by atoms with Crippen LogP contribution in [0.2, 0.25) is 0 Å². The second kappa shape index (κ2) is 7.34. The van der Waals surface area contributed by atoms with Crippen LogP contribution in [-0.4, -0.2) is 61.7 Å². The van der Waals surface area contributed by atoms with Gasteiger partial charge >= 0.3 is 0 Å². The summed E-state index contributed by atoms with van der Waals surface area (Å²) in [4.78, 5) is 5.27. The van der Waals surface area contributed by atoms with E-state index in [1.807, 2.05) is 0 Å². The molecule has 1 unspecified atom stereocenters. The van der Waals surface area contributed by atoms with Crippen LogP contribution in [0.5, 0.6) is 0 Å². The topological polar surface area (TPSA) is 18.5 Å². The zero-order valence-electron chi connectivity index (χ0n) is 11.5. The summed E-state index contributed by atoms with van der Waals surface area (Å²) >= 11 is 0. The summed E-state index contributed by atoms with van der Waals surface area (Å²) < 4.78 is 0. The van der Waals surface area contributed by atoms with Gasteiger partial charge in [-0.25, -0.2) is 0 Å². The molecule has 100 valence electrons. The van der Waals surface area contributed by atoms with E-state index in [-0.39, 0.29) is 0 Å². The molecule has 0 aromatic rings. The van der Waals surface area contributed by atoms with Gasteiger partial charge in [0.05, 0.1) is 0 Å². The molecule has 0 aromatic heterocycles. The maximum absolute atomic E-state index is 3.71. The van der Waals surface area contributed by atoms with Crippen molar-refractivity contribution in [2.75, 3.05) is 45.8 Å². The van der Waals surface area contributed by atoms with E-state index in [9.17, 15) is 0 Å². The molecule has 2 rings (SSSR count). The zero-order valence-corrected chi connectivity index (χ0v) is 11.5. The van der Waals surface area contributed by atoms with Crippen molar-refractivity contribution in [2.45, 2.75) is 45.1 Å². The summed E-state index contributed by atoms with van der Waals surface area (Å²) in [6, 6.07) is 0.759. The Morgan fingerprint density at radius 1 is 1.00 bits per heavy atom. The molecule has 2 aliphatic heterocycles. The normalized spacial score (nSPS) is 29.1. The van der Waals surface area contributed by atoms with Crippen molar-refractivity contribution in [3.05, 3.63) is 0 Å². The van der Waals surface area contributed by atoms with Gasteiger partial charge in [-0.1, -0.05) is 19.8 Å². The Kier molecular flexibility index (Phi) is 5.75. The lowest BCUT2D eigenvalue weighted by molar-refractivity contribution is 0.122. The van der Waals surface area contributed by atoms with Gasteiger partial charge in [-0.3, -0.25) is 4.90 Å². The van der Waals surface area contributed by atoms with Crippen LogP contribution in [0.3, 0.4) is 0 Å². The molecule has 0 aliphatic carbocycles. The first kappa shape index (κ1) is 13.3. The Morgan fingerprint density at radius 2 is 1.76 bits per heavy atom. The smallest absolute Gasteiger partial charge is 0.0195 e. The molecule has 0 bridgehead atoms. The molecular weight excluding hydrogens is 210 g/mol. The molecule has 0 amide bonds. The van der Waals surface area contributed by atoms with Gasteiger partial charge in [0.25, 0.3) is 0 Å². The first-order valence-electron chi connectivity index (χ1n) is 7.56. The van der Waals surface area contributed by atoms with Crippen molar-refractivity contribution < 1.29 is 0 Å². The highest BCUT2D eigenvalue weighted by Gasteiger charge is 2.20. The summed E-state index contributed by atoms with van der Waals surface area (Å²) in [6.45, 7) is 11.2. The number of rotatable bonds is 4. The number of nitrogens with one attached hydrogen (secondary N) is 1. The minimum atomic E-state index is 0.759. The predicted molar refractivity (Wildman–Crippen MR) is 73.4 cm³/mol. The molecule has 2 saturated heterocycles. The lowest BCUT2D eigenvalue weighted by atomic mass is 10.1. The van der Waals surface area contributed by atoms with Crippen LogP contribution in [0.1, 0.15) is 39.0 Å². The molecule has 17 heavy (non-hydrogen) atoms. The number of hydrogen-bond acceptors (Lipinski definition) is 3.